The van der Waals surface area contributed by atoms with Crippen molar-refractivity contribution >= 4 is 22.4 Å². The number of morpholine rings is 1. The quantitative estimate of drug-likeness (QED) is 0.817. The van der Waals surface area contributed by atoms with Gasteiger partial charge in [-0.2, -0.15) is 0 Å². The summed E-state index contributed by atoms with van der Waals surface area (Å²) >= 11 is 0. The topological polar surface area (TPSA) is 51.4 Å². The van der Waals surface area contributed by atoms with Gasteiger partial charge in [0.1, 0.15) is 5.82 Å². The second-order valence-electron chi connectivity index (χ2n) is 7.10. The Balaban J connectivity index is 1.98. The van der Waals surface area contributed by atoms with E-state index < -0.39 is 0 Å². The Morgan fingerprint density at radius 3 is 2.38 bits per heavy atom. The lowest BCUT2D eigenvalue weighted by Gasteiger charge is -2.47. The molecular formula is C17H23N3O. The van der Waals surface area contributed by atoms with E-state index in [1.165, 1.54) is 0 Å². The molecule has 1 aromatic carbocycles. The van der Waals surface area contributed by atoms with Gasteiger partial charge in [0.25, 0.3) is 0 Å². The molecular weight excluding hydrogens is 262 g/mol. The summed E-state index contributed by atoms with van der Waals surface area (Å²) < 4.78 is 6.13. The Morgan fingerprint density at radius 1 is 1.05 bits per heavy atom. The Hall–Kier alpha value is -1.81. The molecule has 1 aromatic heterocycles. The molecule has 0 bridgehead atoms. The summed E-state index contributed by atoms with van der Waals surface area (Å²) in [4.78, 5) is 7.09. The summed E-state index contributed by atoms with van der Waals surface area (Å²) in [6, 6.07) is 9.99. The molecule has 112 valence electrons. The van der Waals surface area contributed by atoms with Crippen molar-refractivity contribution in [2.75, 3.05) is 23.7 Å². The van der Waals surface area contributed by atoms with Crippen molar-refractivity contribution in [1.82, 2.24) is 4.98 Å². The third kappa shape index (κ3) is 2.95. The van der Waals surface area contributed by atoms with Gasteiger partial charge in [0.05, 0.1) is 16.7 Å². The van der Waals surface area contributed by atoms with E-state index in [0.29, 0.717) is 0 Å². The van der Waals surface area contributed by atoms with Crippen LogP contribution in [0.4, 0.5) is 11.5 Å². The predicted octanol–water partition coefficient (Wildman–Crippen LogP) is 3.21. The van der Waals surface area contributed by atoms with E-state index in [2.05, 4.69) is 44.7 Å². The first-order chi connectivity index (χ1) is 9.74. The van der Waals surface area contributed by atoms with E-state index in [-0.39, 0.29) is 11.2 Å². The van der Waals surface area contributed by atoms with E-state index in [9.17, 15) is 0 Å². The van der Waals surface area contributed by atoms with E-state index in [1.54, 1.807) is 0 Å². The number of benzene rings is 1. The maximum atomic E-state index is 6.13. The number of anilines is 2. The molecule has 4 heteroatoms. The fraction of sp³-hybridized carbons (Fsp3) is 0.471. The Bertz CT molecular complexity index is 663. The molecule has 2 heterocycles. The molecule has 0 saturated carbocycles. The summed E-state index contributed by atoms with van der Waals surface area (Å²) in [7, 11) is 0. The molecule has 3 rings (SSSR count). The molecule has 2 N–H and O–H groups in total. The summed E-state index contributed by atoms with van der Waals surface area (Å²) in [5.41, 5.74) is 7.20. The van der Waals surface area contributed by atoms with Crippen molar-refractivity contribution < 1.29 is 4.74 Å². The lowest BCUT2D eigenvalue weighted by Crippen LogP contribution is -2.57. The Morgan fingerprint density at radius 2 is 1.71 bits per heavy atom. The number of nitrogens with two attached hydrogens (primary N) is 1. The molecule has 1 aliphatic heterocycles. The molecule has 0 aliphatic carbocycles. The van der Waals surface area contributed by atoms with Crippen molar-refractivity contribution in [3.05, 3.63) is 30.3 Å². The van der Waals surface area contributed by atoms with Crippen LogP contribution in [0.2, 0.25) is 0 Å². The number of nitrogens with zero attached hydrogens (tertiary/aromatic N) is 2. The van der Waals surface area contributed by atoms with Crippen LogP contribution in [0.1, 0.15) is 27.7 Å². The standard InChI is InChI=1S/C17H23N3O/c1-16(2)10-20(11-17(3,4)21-16)15-8-5-12-9-13(18)6-7-14(12)19-15/h5-9H,10-11,18H2,1-4H3. The fourth-order valence-electron chi connectivity index (χ4n) is 3.26. The molecule has 1 aliphatic rings. The Labute approximate surface area is 125 Å². The highest BCUT2D eigenvalue weighted by atomic mass is 16.5. The number of pyridine rings is 1. The second-order valence-corrected chi connectivity index (χ2v) is 7.10. The molecule has 4 nitrogen and oxygen atoms in total. The van der Waals surface area contributed by atoms with Crippen molar-refractivity contribution in [1.29, 1.82) is 0 Å². The van der Waals surface area contributed by atoms with Crippen molar-refractivity contribution in [3.8, 4) is 0 Å². The molecule has 0 radical (unpaired) electrons. The van der Waals surface area contributed by atoms with Gasteiger partial charge in [-0.25, -0.2) is 4.98 Å². The highest BCUT2D eigenvalue weighted by Gasteiger charge is 2.38. The zero-order chi connectivity index (χ0) is 15.3. The molecule has 0 unspecified atom stereocenters. The number of hydrogen-bond donors (Lipinski definition) is 1. The Kier molecular flexibility index (Phi) is 3.10. The minimum Gasteiger partial charge on any atom is -0.399 e. The van der Waals surface area contributed by atoms with Gasteiger partial charge in [0.15, 0.2) is 0 Å². The average molecular weight is 285 g/mol. The molecule has 0 atom stereocenters. The lowest BCUT2D eigenvalue weighted by atomic mass is 9.99. The van der Waals surface area contributed by atoms with Crippen molar-refractivity contribution in [2.45, 2.75) is 38.9 Å². The van der Waals surface area contributed by atoms with Crippen LogP contribution < -0.4 is 10.6 Å². The number of fused-ring (bicyclic) bond motifs is 1. The van der Waals surface area contributed by atoms with Crippen LogP contribution in [-0.2, 0) is 4.74 Å². The number of hydrogen-bond acceptors (Lipinski definition) is 4. The second kappa shape index (κ2) is 4.60. The highest BCUT2D eigenvalue weighted by molar-refractivity contribution is 5.83. The van der Waals surface area contributed by atoms with Gasteiger partial charge in [-0.15, -0.1) is 0 Å². The normalized spacial score (nSPS) is 20.7. The fourth-order valence-corrected chi connectivity index (χ4v) is 3.26. The third-order valence-corrected chi connectivity index (χ3v) is 3.72. The monoisotopic (exact) mass is 285 g/mol. The number of rotatable bonds is 1. The molecule has 0 spiro atoms. The molecule has 21 heavy (non-hydrogen) atoms. The molecule has 1 fully saturated rings. The molecule has 1 saturated heterocycles. The SMILES string of the molecule is CC1(C)CN(c2ccc3cc(N)ccc3n2)CC(C)(C)O1. The zero-order valence-corrected chi connectivity index (χ0v) is 13.2. The molecule has 0 amide bonds. The van der Waals surface area contributed by atoms with E-state index in [1.807, 2.05) is 18.2 Å². The van der Waals surface area contributed by atoms with Crippen molar-refractivity contribution in [2.24, 2.45) is 0 Å². The first-order valence-corrected chi connectivity index (χ1v) is 7.36. The van der Waals surface area contributed by atoms with Gasteiger partial charge in [-0.1, -0.05) is 0 Å². The van der Waals surface area contributed by atoms with Gasteiger partial charge in [-0.3, -0.25) is 0 Å². The van der Waals surface area contributed by atoms with Crippen LogP contribution in [0.15, 0.2) is 30.3 Å². The minimum atomic E-state index is -0.181. The highest BCUT2D eigenvalue weighted by Crippen LogP contribution is 2.31. The zero-order valence-electron chi connectivity index (χ0n) is 13.2. The number of aromatic nitrogens is 1. The summed E-state index contributed by atoms with van der Waals surface area (Å²) in [5.74, 6) is 0.997. The van der Waals surface area contributed by atoms with Crippen LogP contribution in [0.5, 0.6) is 0 Å². The van der Waals surface area contributed by atoms with Crippen LogP contribution in [-0.4, -0.2) is 29.3 Å². The van der Waals surface area contributed by atoms with Gasteiger partial charge in [0, 0.05) is 24.2 Å². The first-order valence-electron chi connectivity index (χ1n) is 7.36. The van der Waals surface area contributed by atoms with Crippen LogP contribution in [0.25, 0.3) is 10.9 Å². The number of nitrogen functional groups attached to an aromatic ring is 1. The summed E-state index contributed by atoms with van der Waals surface area (Å²) in [6.45, 7) is 10.2. The van der Waals surface area contributed by atoms with E-state index >= 15 is 0 Å². The largest absolute Gasteiger partial charge is 0.399 e. The maximum Gasteiger partial charge on any atom is 0.129 e. The maximum absolute atomic E-state index is 6.13. The van der Waals surface area contributed by atoms with Crippen LogP contribution >= 0.6 is 0 Å². The lowest BCUT2D eigenvalue weighted by molar-refractivity contribution is -0.133. The summed E-state index contributed by atoms with van der Waals surface area (Å²) in [6.07, 6.45) is 0. The van der Waals surface area contributed by atoms with Crippen LogP contribution in [0.3, 0.4) is 0 Å². The summed E-state index contributed by atoms with van der Waals surface area (Å²) in [5, 5.41) is 1.07. The smallest absolute Gasteiger partial charge is 0.129 e. The van der Waals surface area contributed by atoms with Gasteiger partial charge in [-0.05, 0) is 58.0 Å². The van der Waals surface area contributed by atoms with E-state index in [4.69, 9.17) is 15.5 Å². The van der Waals surface area contributed by atoms with Crippen LogP contribution in [0, 0.1) is 0 Å². The minimum absolute atomic E-state index is 0.181. The first kappa shape index (κ1) is 14.1. The molecule has 2 aromatic rings. The van der Waals surface area contributed by atoms with Gasteiger partial charge < -0.3 is 15.4 Å². The average Bonchev–Trinajstić information content (AvgIpc) is 2.34. The predicted molar refractivity (Wildman–Crippen MR) is 87.6 cm³/mol. The number of ether oxygens (including phenoxy) is 1. The van der Waals surface area contributed by atoms with Gasteiger partial charge in [0.2, 0.25) is 0 Å². The van der Waals surface area contributed by atoms with E-state index in [0.717, 1.165) is 35.5 Å². The van der Waals surface area contributed by atoms with Crippen molar-refractivity contribution in [3.63, 3.8) is 0 Å². The third-order valence-electron chi connectivity index (χ3n) is 3.72. The van der Waals surface area contributed by atoms with Gasteiger partial charge >= 0.3 is 0 Å².